The van der Waals surface area contributed by atoms with Crippen molar-refractivity contribution in [3.05, 3.63) is 18.2 Å². The van der Waals surface area contributed by atoms with Gasteiger partial charge in [0.2, 0.25) is 15.9 Å². The van der Waals surface area contributed by atoms with E-state index in [9.17, 15) is 13.2 Å². The Hall–Kier alpha value is -1.68. The van der Waals surface area contributed by atoms with Gasteiger partial charge in [-0.15, -0.1) is 0 Å². The molecule has 1 saturated heterocycles. The monoisotopic (exact) mass is 385 g/mol. The lowest BCUT2D eigenvalue weighted by Crippen LogP contribution is -2.40. The van der Waals surface area contributed by atoms with E-state index in [1.165, 1.54) is 10.4 Å². The average Bonchev–Trinajstić information content (AvgIpc) is 2.64. The van der Waals surface area contributed by atoms with Crippen LogP contribution in [0.5, 0.6) is 5.75 Å². The number of carbonyl (C=O) groups excluding carboxylic acids is 1. The molecule has 26 heavy (non-hydrogen) atoms. The van der Waals surface area contributed by atoms with E-state index in [1.54, 1.807) is 19.1 Å². The molecule has 1 aromatic rings. The van der Waals surface area contributed by atoms with Crippen molar-refractivity contribution in [3.8, 4) is 5.75 Å². The molecule has 1 amide bonds. The fourth-order valence-electron chi connectivity index (χ4n) is 2.67. The number of morpholine rings is 1. The Labute approximate surface area is 154 Å². The van der Waals surface area contributed by atoms with Crippen molar-refractivity contribution in [3.63, 3.8) is 0 Å². The Morgan fingerprint density at radius 1 is 1.35 bits per heavy atom. The third-order valence-electron chi connectivity index (χ3n) is 4.04. The number of rotatable bonds is 8. The van der Waals surface area contributed by atoms with Gasteiger partial charge in [-0.05, 0) is 31.5 Å². The highest BCUT2D eigenvalue weighted by atomic mass is 32.2. The van der Waals surface area contributed by atoms with Crippen molar-refractivity contribution in [2.75, 3.05) is 38.2 Å². The first kappa shape index (κ1) is 20.6. The molecule has 1 aliphatic rings. The van der Waals surface area contributed by atoms with E-state index < -0.39 is 16.1 Å². The van der Waals surface area contributed by atoms with Crippen LogP contribution in [-0.2, 0) is 19.6 Å². The highest BCUT2D eigenvalue weighted by Crippen LogP contribution is 2.30. The second kappa shape index (κ2) is 9.31. The molecule has 1 fully saturated rings. The van der Waals surface area contributed by atoms with Gasteiger partial charge in [0.05, 0.1) is 25.9 Å². The number of ether oxygens (including phenoxy) is 2. The van der Waals surface area contributed by atoms with E-state index in [-0.39, 0.29) is 29.6 Å². The number of nitrogens with one attached hydrogen (secondary N) is 1. The van der Waals surface area contributed by atoms with Crippen molar-refractivity contribution >= 4 is 21.6 Å². The minimum Gasteiger partial charge on any atom is -0.492 e. The van der Waals surface area contributed by atoms with Crippen molar-refractivity contribution in [1.29, 1.82) is 0 Å². The highest BCUT2D eigenvalue weighted by molar-refractivity contribution is 7.89. The summed E-state index contributed by atoms with van der Waals surface area (Å²) in [4.78, 5) is 12.2. The second-order valence-corrected chi connectivity index (χ2v) is 7.90. The Kier molecular flexibility index (Phi) is 7.39. The van der Waals surface area contributed by atoms with E-state index in [0.717, 1.165) is 6.42 Å². The molecule has 0 bridgehead atoms. The van der Waals surface area contributed by atoms with Gasteiger partial charge in [0.15, 0.2) is 0 Å². The Morgan fingerprint density at radius 2 is 2.04 bits per heavy atom. The van der Waals surface area contributed by atoms with Gasteiger partial charge in [0.25, 0.3) is 0 Å². The predicted octanol–water partition coefficient (Wildman–Crippen LogP) is 1.17. The van der Waals surface area contributed by atoms with E-state index >= 15 is 0 Å². The van der Waals surface area contributed by atoms with Crippen LogP contribution in [0.2, 0.25) is 0 Å². The number of hydrogen-bond acceptors (Lipinski definition) is 6. The fourth-order valence-corrected chi connectivity index (χ4v) is 4.23. The zero-order chi connectivity index (χ0) is 19.2. The molecule has 1 unspecified atom stereocenters. The number of nitrogens with zero attached hydrogens (tertiary/aromatic N) is 1. The predicted molar refractivity (Wildman–Crippen MR) is 98.7 cm³/mol. The molecular weight excluding hydrogens is 358 g/mol. The minimum absolute atomic E-state index is 0.0307. The standard InChI is InChI=1S/C17H27N3O5S/c1-3-5-14(18)17(21)19-13-6-7-15(25-4-2)16(12-13)26(22,23)20-8-10-24-11-9-20/h6-7,12,14H,3-5,8-11,18H2,1-2H3,(H,19,21). The molecule has 0 aliphatic carbocycles. The van der Waals surface area contributed by atoms with Gasteiger partial charge in [0.1, 0.15) is 10.6 Å². The Bertz CT molecular complexity index is 717. The molecular formula is C17H27N3O5S. The van der Waals surface area contributed by atoms with Gasteiger partial charge in [-0.25, -0.2) is 8.42 Å². The lowest BCUT2D eigenvalue weighted by atomic mass is 10.1. The van der Waals surface area contributed by atoms with E-state index in [2.05, 4.69) is 5.32 Å². The molecule has 1 aliphatic heterocycles. The van der Waals surface area contributed by atoms with Crippen molar-refractivity contribution < 1.29 is 22.7 Å². The van der Waals surface area contributed by atoms with E-state index in [4.69, 9.17) is 15.2 Å². The maximum atomic E-state index is 13.0. The minimum atomic E-state index is -3.76. The number of carbonyl (C=O) groups is 1. The van der Waals surface area contributed by atoms with Gasteiger partial charge in [-0.2, -0.15) is 4.31 Å². The van der Waals surface area contributed by atoms with Crippen LogP contribution in [-0.4, -0.2) is 57.6 Å². The molecule has 1 aromatic carbocycles. The van der Waals surface area contributed by atoms with Gasteiger partial charge in [0, 0.05) is 18.8 Å². The summed E-state index contributed by atoms with van der Waals surface area (Å²) in [5.74, 6) is -0.0828. The number of benzene rings is 1. The second-order valence-electron chi connectivity index (χ2n) is 6.00. The van der Waals surface area contributed by atoms with Crippen LogP contribution in [0, 0.1) is 0 Å². The first-order valence-corrected chi connectivity index (χ1v) is 10.2. The van der Waals surface area contributed by atoms with Crippen molar-refractivity contribution in [1.82, 2.24) is 4.31 Å². The lowest BCUT2D eigenvalue weighted by molar-refractivity contribution is -0.117. The molecule has 3 N–H and O–H groups in total. The molecule has 0 radical (unpaired) electrons. The molecule has 146 valence electrons. The largest absolute Gasteiger partial charge is 0.492 e. The SMILES string of the molecule is CCCC(N)C(=O)Nc1ccc(OCC)c(S(=O)(=O)N2CCOCC2)c1. The summed E-state index contributed by atoms with van der Waals surface area (Å²) in [7, 11) is -3.76. The summed E-state index contributed by atoms with van der Waals surface area (Å²) >= 11 is 0. The maximum Gasteiger partial charge on any atom is 0.246 e. The smallest absolute Gasteiger partial charge is 0.246 e. The van der Waals surface area contributed by atoms with E-state index in [0.29, 0.717) is 31.9 Å². The van der Waals surface area contributed by atoms with Crippen molar-refractivity contribution in [2.24, 2.45) is 5.73 Å². The van der Waals surface area contributed by atoms with Gasteiger partial charge >= 0.3 is 0 Å². The zero-order valence-electron chi connectivity index (χ0n) is 15.2. The first-order valence-electron chi connectivity index (χ1n) is 8.81. The molecule has 8 nitrogen and oxygen atoms in total. The Morgan fingerprint density at radius 3 is 2.65 bits per heavy atom. The maximum absolute atomic E-state index is 13.0. The third-order valence-corrected chi connectivity index (χ3v) is 5.96. The normalized spacial score (nSPS) is 16.9. The summed E-state index contributed by atoms with van der Waals surface area (Å²) in [5, 5.41) is 2.68. The number of amides is 1. The van der Waals surface area contributed by atoms with Crippen LogP contribution in [0.25, 0.3) is 0 Å². The number of hydrogen-bond donors (Lipinski definition) is 2. The summed E-state index contributed by atoms with van der Waals surface area (Å²) in [6.07, 6.45) is 1.34. The number of nitrogens with two attached hydrogens (primary N) is 1. The van der Waals surface area contributed by atoms with Crippen LogP contribution in [0.15, 0.2) is 23.1 Å². The summed E-state index contributed by atoms with van der Waals surface area (Å²) in [5.41, 5.74) is 6.19. The number of sulfonamides is 1. The van der Waals surface area contributed by atoms with Crippen LogP contribution < -0.4 is 15.8 Å². The van der Waals surface area contributed by atoms with Gasteiger partial charge < -0.3 is 20.5 Å². The lowest BCUT2D eigenvalue weighted by Gasteiger charge is -2.27. The van der Waals surface area contributed by atoms with Gasteiger partial charge in [-0.1, -0.05) is 13.3 Å². The molecule has 1 heterocycles. The van der Waals surface area contributed by atoms with Gasteiger partial charge in [-0.3, -0.25) is 4.79 Å². The van der Waals surface area contributed by atoms with E-state index in [1.807, 2.05) is 6.92 Å². The van der Waals surface area contributed by atoms with Crippen LogP contribution in [0.3, 0.4) is 0 Å². The zero-order valence-corrected chi connectivity index (χ0v) is 16.0. The van der Waals surface area contributed by atoms with Crippen LogP contribution in [0.1, 0.15) is 26.7 Å². The molecule has 1 atom stereocenters. The fraction of sp³-hybridized carbons (Fsp3) is 0.588. The first-order chi connectivity index (χ1) is 12.4. The summed E-state index contributed by atoms with van der Waals surface area (Å²) in [6, 6.07) is 3.95. The van der Waals surface area contributed by atoms with Crippen LogP contribution >= 0.6 is 0 Å². The molecule has 2 rings (SSSR count). The molecule has 0 aromatic heterocycles. The third kappa shape index (κ3) is 4.94. The molecule has 0 spiro atoms. The topological polar surface area (TPSA) is 111 Å². The highest BCUT2D eigenvalue weighted by Gasteiger charge is 2.30. The average molecular weight is 385 g/mol. The Balaban J connectivity index is 2.31. The molecule has 0 saturated carbocycles. The molecule has 9 heteroatoms. The van der Waals surface area contributed by atoms with Crippen molar-refractivity contribution in [2.45, 2.75) is 37.6 Å². The summed E-state index contributed by atoms with van der Waals surface area (Å²) < 4.78 is 38.1. The summed E-state index contributed by atoms with van der Waals surface area (Å²) in [6.45, 7) is 5.33. The number of anilines is 1. The van der Waals surface area contributed by atoms with Crippen LogP contribution in [0.4, 0.5) is 5.69 Å². The quantitative estimate of drug-likeness (QED) is 0.695.